The number of carbonyl (C=O) groups excluding carboxylic acids is 3. The number of hydrogen-bond donors (Lipinski definition) is 2. The van der Waals surface area contributed by atoms with E-state index in [0.29, 0.717) is 23.0 Å². The van der Waals surface area contributed by atoms with E-state index in [0.717, 1.165) is 25.7 Å². The number of carbonyl (C=O) groups is 3. The molecule has 2 atom stereocenters. The highest BCUT2D eigenvalue weighted by molar-refractivity contribution is 5.96. The third kappa shape index (κ3) is 7.14. The summed E-state index contributed by atoms with van der Waals surface area (Å²) in [5.74, 6) is 0.136. The lowest BCUT2D eigenvalue weighted by molar-refractivity contribution is -0.143. The molecule has 8 nitrogen and oxygen atoms in total. The largest absolute Gasteiger partial charge is 0.497 e. The van der Waals surface area contributed by atoms with Gasteiger partial charge in [0.2, 0.25) is 0 Å². The van der Waals surface area contributed by atoms with Crippen LogP contribution in [-0.4, -0.2) is 44.8 Å². The van der Waals surface area contributed by atoms with E-state index >= 15 is 0 Å². The third-order valence-corrected chi connectivity index (χ3v) is 4.86. The van der Waals surface area contributed by atoms with Crippen LogP contribution in [0.1, 0.15) is 38.2 Å². The molecule has 1 aliphatic carbocycles. The van der Waals surface area contributed by atoms with Gasteiger partial charge in [0.25, 0.3) is 5.91 Å². The van der Waals surface area contributed by atoms with Crippen LogP contribution in [0.5, 0.6) is 11.5 Å². The van der Waals surface area contributed by atoms with Gasteiger partial charge in [-0.1, -0.05) is 19.8 Å². The average Bonchev–Trinajstić information content (AvgIpc) is 2.72. The molecule has 0 heterocycles. The summed E-state index contributed by atoms with van der Waals surface area (Å²) in [7, 11) is 3.05. The fourth-order valence-electron chi connectivity index (χ4n) is 3.21. The molecule has 2 rings (SSSR count). The van der Waals surface area contributed by atoms with Crippen molar-refractivity contribution in [3.8, 4) is 11.5 Å². The Morgan fingerprint density at radius 1 is 1.14 bits per heavy atom. The zero-order chi connectivity index (χ0) is 21.2. The van der Waals surface area contributed by atoms with Crippen LogP contribution in [0.15, 0.2) is 24.3 Å². The minimum atomic E-state index is -0.716. The molecule has 0 saturated heterocycles. The highest BCUT2D eigenvalue weighted by Crippen LogP contribution is 2.25. The molecular weight excluding hydrogens is 376 g/mol. The van der Waals surface area contributed by atoms with E-state index in [-0.39, 0.29) is 6.04 Å². The van der Waals surface area contributed by atoms with Crippen LogP contribution in [0.3, 0.4) is 0 Å². The van der Waals surface area contributed by atoms with Crippen molar-refractivity contribution >= 4 is 24.0 Å². The molecule has 2 N–H and O–H groups in total. The number of amides is 3. The Morgan fingerprint density at radius 2 is 1.90 bits per heavy atom. The molecule has 1 saturated carbocycles. The van der Waals surface area contributed by atoms with Crippen LogP contribution in [0, 0.1) is 5.92 Å². The van der Waals surface area contributed by atoms with Crippen molar-refractivity contribution < 1.29 is 28.6 Å². The van der Waals surface area contributed by atoms with Gasteiger partial charge in [-0.05, 0) is 43.0 Å². The summed E-state index contributed by atoms with van der Waals surface area (Å²) in [5, 5.41) is 4.99. The first kappa shape index (κ1) is 22.3. The van der Waals surface area contributed by atoms with E-state index in [1.54, 1.807) is 18.2 Å². The van der Waals surface area contributed by atoms with E-state index in [9.17, 15) is 14.4 Å². The summed E-state index contributed by atoms with van der Waals surface area (Å²) in [6, 6.07) is 4.63. The lowest BCUT2D eigenvalue weighted by atomic mass is 9.86. The summed E-state index contributed by atoms with van der Waals surface area (Å²) < 4.78 is 15.2. The predicted octanol–water partition coefficient (Wildman–Crippen LogP) is 2.66. The minimum absolute atomic E-state index is 0.0554. The van der Waals surface area contributed by atoms with Crippen molar-refractivity contribution in [2.45, 2.75) is 38.6 Å². The molecule has 3 amide bonds. The molecule has 1 fully saturated rings. The Labute approximate surface area is 170 Å². The second-order valence-electron chi connectivity index (χ2n) is 6.94. The molecule has 1 aromatic rings. The standard InChI is InChI=1S/C21H28N2O6/c1-14-6-4-5-7-17(14)22-21(26)23-19(24)13-29-20(25)11-8-15-12-16(27-2)9-10-18(15)28-3/h8-12,14,17H,4-7,13H2,1-3H3,(H2,22,23,24,26)/b11-8+/t14-,17+/m0/s1. The molecular formula is C21H28N2O6. The Hall–Kier alpha value is -3.03. The van der Waals surface area contributed by atoms with E-state index in [1.807, 2.05) is 0 Å². The van der Waals surface area contributed by atoms with Crippen LogP contribution < -0.4 is 20.1 Å². The van der Waals surface area contributed by atoms with Gasteiger partial charge in [-0.2, -0.15) is 0 Å². The Bertz CT molecular complexity index is 762. The van der Waals surface area contributed by atoms with Gasteiger partial charge in [-0.25, -0.2) is 9.59 Å². The molecule has 8 heteroatoms. The number of benzene rings is 1. The smallest absolute Gasteiger partial charge is 0.331 e. The van der Waals surface area contributed by atoms with Gasteiger partial charge in [-0.15, -0.1) is 0 Å². The number of urea groups is 1. The summed E-state index contributed by atoms with van der Waals surface area (Å²) in [6.45, 7) is 1.53. The number of rotatable bonds is 7. The van der Waals surface area contributed by atoms with Gasteiger partial charge >= 0.3 is 12.0 Å². The minimum Gasteiger partial charge on any atom is -0.497 e. The number of imide groups is 1. The topological polar surface area (TPSA) is 103 Å². The fraction of sp³-hybridized carbons (Fsp3) is 0.476. The number of methoxy groups -OCH3 is 2. The fourth-order valence-corrected chi connectivity index (χ4v) is 3.21. The van der Waals surface area contributed by atoms with E-state index in [1.165, 1.54) is 26.4 Å². The van der Waals surface area contributed by atoms with Gasteiger partial charge < -0.3 is 19.5 Å². The summed E-state index contributed by atoms with van der Waals surface area (Å²) >= 11 is 0. The van der Waals surface area contributed by atoms with Crippen molar-refractivity contribution in [3.05, 3.63) is 29.8 Å². The summed E-state index contributed by atoms with van der Waals surface area (Å²) in [5.41, 5.74) is 0.620. The number of ether oxygens (including phenoxy) is 3. The second kappa shape index (κ2) is 11.1. The zero-order valence-electron chi connectivity index (χ0n) is 17.0. The molecule has 0 radical (unpaired) electrons. The van der Waals surface area contributed by atoms with Crippen molar-refractivity contribution in [3.63, 3.8) is 0 Å². The molecule has 0 aromatic heterocycles. The van der Waals surface area contributed by atoms with Crippen molar-refractivity contribution in [1.82, 2.24) is 10.6 Å². The van der Waals surface area contributed by atoms with Gasteiger partial charge in [-0.3, -0.25) is 10.1 Å². The number of esters is 1. The molecule has 0 aliphatic heterocycles. The summed E-state index contributed by atoms with van der Waals surface area (Å²) in [4.78, 5) is 35.6. The SMILES string of the molecule is COc1ccc(OC)c(/C=C/C(=O)OCC(=O)NC(=O)N[C@@H]2CCCC[C@@H]2C)c1. The van der Waals surface area contributed by atoms with Gasteiger partial charge in [0.05, 0.1) is 14.2 Å². The van der Waals surface area contributed by atoms with Crippen LogP contribution >= 0.6 is 0 Å². The first-order valence-corrected chi connectivity index (χ1v) is 9.60. The van der Waals surface area contributed by atoms with Crippen LogP contribution in [0.25, 0.3) is 6.08 Å². The maximum atomic E-state index is 11.9. The molecule has 158 valence electrons. The first-order chi connectivity index (χ1) is 13.9. The Morgan fingerprint density at radius 3 is 2.59 bits per heavy atom. The van der Waals surface area contributed by atoms with Crippen molar-refractivity contribution in [2.75, 3.05) is 20.8 Å². The molecule has 0 bridgehead atoms. The predicted molar refractivity (Wildman–Crippen MR) is 108 cm³/mol. The molecule has 1 aromatic carbocycles. The quantitative estimate of drug-likeness (QED) is 0.535. The van der Waals surface area contributed by atoms with Crippen molar-refractivity contribution in [1.29, 1.82) is 0 Å². The second-order valence-corrected chi connectivity index (χ2v) is 6.94. The van der Waals surface area contributed by atoms with Gasteiger partial charge in [0.1, 0.15) is 11.5 Å². The van der Waals surface area contributed by atoms with Gasteiger partial charge in [0, 0.05) is 17.7 Å². The number of nitrogens with one attached hydrogen (secondary N) is 2. The zero-order valence-corrected chi connectivity index (χ0v) is 17.0. The molecule has 0 spiro atoms. The maximum absolute atomic E-state index is 11.9. The molecule has 1 aliphatic rings. The van der Waals surface area contributed by atoms with Crippen LogP contribution in [-0.2, 0) is 14.3 Å². The van der Waals surface area contributed by atoms with E-state index < -0.39 is 24.5 Å². The summed E-state index contributed by atoms with van der Waals surface area (Å²) in [6.07, 6.45) is 6.85. The lowest BCUT2D eigenvalue weighted by Crippen LogP contribution is -2.48. The van der Waals surface area contributed by atoms with Crippen LogP contribution in [0.2, 0.25) is 0 Å². The van der Waals surface area contributed by atoms with Crippen LogP contribution in [0.4, 0.5) is 4.79 Å². The van der Waals surface area contributed by atoms with E-state index in [2.05, 4.69) is 17.6 Å². The Kier molecular flexibility index (Phi) is 8.51. The average molecular weight is 404 g/mol. The normalized spacial score (nSPS) is 18.7. The monoisotopic (exact) mass is 404 g/mol. The first-order valence-electron chi connectivity index (χ1n) is 9.60. The highest BCUT2D eigenvalue weighted by Gasteiger charge is 2.23. The van der Waals surface area contributed by atoms with E-state index in [4.69, 9.17) is 14.2 Å². The maximum Gasteiger partial charge on any atom is 0.331 e. The van der Waals surface area contributed by atoms with Gasteiger partial charge in [0.15, 0.2) is 6.61 Å². The number of hydrogen-bond acceptors (Lipinski definition) is 6. The third-order valence-electron chi connectivity index (χ3n) is 4.86. The molecule has 29 heavy (non-hydrogen) atoms. The Balaban J connectivity index is 1.79. The molecule has 0 unspecified atom stereocenters. The lowest BCUT2D eigenvalue weighted by Gasteiger charge is -2.29. The van der Waals surface area contributed by atoms with Crippen molar-refractivity contribution in [2.24, 2.45) is 5.92 Å². The highest BCUT2D eigenvalue weighted by atomic mass is 16.5.